The largest absolute Gasteiger partial charge is 0.381 e. The van der Waals surface area contributed by atoms with Crippen LogP contribution in [-0.4, -0.2) is 29.7 Å². The van der Waals surface area contributed by atoms with Crippen molar-refractivity contribution in [2.75, 3.05) is 19.8 Å². The Hall–Kier alpha value is -1.52. The predicted molar refractivity (Wildman–Crippen MR) is 84.1 cm³/mol. The van der Waals surface area contributed by atoms with Crippen LogP contribution in [0.2, 0.25) is 0 Å². The molecule has 0 bridgehead atoms. The highest BCUT2D eigenvalue weighted by Crippen LogP contribution is 2.30. The first kappa shape index (κ1) is 14.4. The molecular weight excluding hydrogens is 262 g/mol. The normalized spacial score (nSPS) is 20.5. The number of nitrogens with zero attached hydrogens (tertiary/aromatic N) is 2. The lowest BCUT2D eigenvalue weighted by molar-refractivity contribution is 0.0390. The summed E-state index contributed by atoms with van der Waals surface area (Å²) in [5, 5.41) is 3.69. The Morgan fingerprint density at radius 3 is 2.90 bits per heavy atom. The molecule has 1 aliphatic rings. The van der Waals surface area contributed by atoms with Crippen molar-refractivity contribution in [1.82, 2.24) is 15.3 Å². The van der Waals surface area contributed by atoms with E-state index in [2.05, 4.69) is 40.4 Å². The van der Waals surface area contributed by atoms with Crippen LogP contribution in [0.25, 0.3) is 11.0 Å². The summed E-state index contributed by atoms with van der Waals surface area (Å²) in [6, 6.07) is 6.77. The topological polar surface area (TPSA) is 47.0 Å². The van der Waals surface area contributed by atoms with E-state index in [1.54, 1.807) is 12.4 Å². The summed E-state index contributed by atoms with van der Waals surface area (Å²) >= 11 is 0. The van der Waals surface area contributed by atoms with Gasteiger partial charge in [0.15, 0.2) is 0 Å². The molecule has 0 aliphatic carbocycles. The van der Waals surface area contributed by atoms with Gasteiger partial charge in [-0.1, -0.05) is 13.0 Å². The van der Waals surface area contributed by atoms with Gasteiger partial charge >= 0.3 is 0 Å². The fourth-order valence-electron chi connectivity index (χ4n) is 3.06. The second-order valence-electron chi connectivity index (χ2n) is 5.71. The van der Waals surface area contributed by atoms with Crippen molar-refractivity contribution in [2.24, 2.45) is 5.92 Å². The summed E-state index contributed by atoms with van der Waals surface area (Å²) in [5.74, 6) is 0.541. The van der Waals surface area contributed by atoms with Gasteiger partial charge in [-0.05, 0) is 43.5 Å². The number of aromatic nitrogens is 2. The molecule has 0 radical (unpaired) electrons. The highest BCUT2D eigenvalue weighted by Gasteiger charge is 2.25. The lowest BCUT2D eigenvalue weighted by Gasteiger charge is -2.31. The van der Waals surface area contributed by atoms with Gasteiger partial charge in [-0.15, -0.1) is 0 Å². The molecule has 2 aromatic rings. The Balaban J connectivity index is 1.88. The molecule has 112 valence electrons. The summed E-state index contributed by atoms with van der Waals surface area (Å²) in [4.78, 5) is 8.78. The first-order chi connectivity index (χ1) is 10.4. The van der Waals surface area contributed by atoms with E-state index in [4.69, 9.17) is 4.74 Å². The molecule has 3 rings (SSSR count). The van der Waals surface area contributed by atoms with Gasteiger partial charge in [0.05, 0.1) is 17.6 Å². The second kappa shape index (κ2) is 6.96. The average molecular weight is 285 g/mol. The maximum absolute atomic E-state index is 5.68. The van der Waals surface area contributed by atoms with Crippen molar-refractivity contribution in [3.05, 3.63) is 36.2 Å². The quantitative estimate of drug-likeness (QED) is 0.917. The number of hydrogen-bond donors (Lipinski definition) is 1. The van der Waals surface area contributed by atoms with Gasteiger partial charge in [-0.25, -0.2) is 0 Å². The molecule has 21 heavy (non-hydrogen) atoms. The standard InChI is InChI=1S/C17H23N3O/c1-2-7-20-17(14-4-3-10-21-12-14)13-5-6-15-16(11-13)19-9-8-18-15/h5-6,8-9,11,14,17,20H,2-4,7,10,12H2,1H3. The number of rotatable bonds is 5. The molecule has 4 nitrogen and oxygen atoms in total. The van der Waals surface area contributed by atoms with Gasteiger partial charge in [0.1, 0.15) is 0 Å². The molecule has 0 saturated carbocycles. The molecule has 0 amide bonds. The minimum Gasteiger partial charge on any atom is -0.381 e. The van der Waals surface area contributed by atoms with Crippen LogP contribution in [0.1, 0.15) is 37.8 Å². The molecule has 1 fully saturated rings. The van der Waals surface area contributed by atoms with E-state index in [-0.39, 0.29) is 0 Å². The van der Waals surface area contributed by atoms with Gasteiger partial charge < -0.3 is 10.1 Å². The van der Waals surface area contributed by atoms with E-state index in [9.17, 15) is 0 Å². The number of fused-ring (bicyclic) bond motifs is 1. The molecule has 4 heteroatoms. The summed E-state index contributed by atoms with van der Waals surface area (Å²) < 4.78 is 5.68. The van der Waals surface area contributed by atoms with Crippen molar-refractivity contribution in [1.29, 1.82) is 0 Å². The highest BCUT2D eigenvalue weighted by atomic mass is 16.5. The zero-order valence-corrected chi connectivity index (χ0v) is 12.6. The van der Waals surface area contributed by atoms with Crippen molar-refractivity contribution in [2.45, 2.75) is 32.2 Å². The Kier molecular flexibility index (Phi) is 4.78. The predicted octanol–water partition coefficient (Wildman–Crippen LogP) is 3.10. The highest BCUT2D eigenvalue weighted by molar-refractivity contribution is 5.74. The van der Waals surface area contributed by atoms with Crippen molar-refractivity contribution < 1.29 is 4.74 Å². The van der Waals surface area contributed by atoms with Gasteiger partial charge in [-0.3, -0.25) is 9.97 Å². The smallest absolute Gasteiger partial charge is 0.0890 e. The zero-order chi connectivity index (χ0) is 14.5. The number of benzene rings is 1. The number of nitrogens with one attached hydrogen (secondary N) is 1. The average Bonchev–Trinajstić information content (AvgIpc) is 2.56. The van der Waals surface area contributed by atoms with Crippen molar-refractivity contribution in [3.63, 3.8) is 0 Å². The second-order valence-corrected chi connectivity index (χ2v) is 5.71. The molecule has 2 atom stereocenters. The lowest BCUT2D eigenvalue weighted by atomic mass is 9.88. The molecule has 1 saturated heterocycles. The first-order valence-corrected chi connectivity index (χ1v) is 7.90. The van der Waals surface area contributed by atoms with Crippen LogP contribution in [-0.2, 0) is 4.74 Å². The van der Waals surface area contributed by atoms with Crippen LogP contribution in [0.4, 0.5) is 0 Å². The van der Waals surface area contributed by atoms with E-state index in [1.807, 2.05) is 0 Å². The summed E-state index contributed by atoms with van der Waals surface area (Å²) in [5.41, 5.74) is 3.22. The van der Waals surface area contributed by atoms with Crippen LogP contribution in [0.15, 0.2) is 30.6 Å². The fourth-order valence-corrected chi connectivity index (χ4v) is 3.06. The van der Waals surface area contributed by atoms with Crippen LogP contribution < -0.4 is 5.32 Å². The van der Waals surface area contributed by atoms with Gasteiger partial charge in [-0.2, -0.15) is 0 Å². The molecule has 2 heterocycles. The third-order valence-electron chi connectivity index (χ3n) is 4.13. The third-order valence-corrected chi connectivity index (χ3v) is 4.13. The maximum atomic E-state index is 5.68. The van der Waals surface area contributed by atoms with Crippen molar-refractivity contribution in [3.8, 4) is 0 Å². The molecule has 1 N–H and O–H groups in total. The zero-order valence-electron chi connectivity index (χ0n) is 12.6. The lowest BCUT2D eigenvalue weighted by Crippen LogP contribution is -2.33. The summed E-state index contributed by atoms with van der Waals surface area (Å²) in [7, 11) is 0. The monoisotopic (exact) mass is 285 g/mol. The minimum absolute atomic E-state index is 0.344. The Bertz CT molecular complexity index is 581. The van der Waals surface area contributed by atoms with Gasteiger partial charge in [0.2, 0.25) is 0 Å². The van der Waals surface area contributed by atoms with E-state index in [1.165, 1.54) is 12.0 Å². The van der Waals surface area contributed by atoms with E-state index < -0.39 is 0 Å². The minimum atomic E-state index is 0.344. The molecule has 0 spiro atoms. The summed E-state index contributed by atoms with van der Waals surface area (Å²) in [6.45, 7) is 4.98. The first-order valence-electron chi connectivity index (χ1n) is 7.90. The number of hydrogen-bond acceptors (Lipinski definition) is 4. The van der Waals surface area contributed by atoms with Gasteiger partial charge in [0.25, 0.3) is 0 Å². The Morgan fingerprint density at radius 1 is 1.29 bits per heavy atom. The summed E-state index contributed by atoms with van der Waals surface area (Å²) in [6.07, 6.45) is 7.01. The van der Waals surface area contributed by atoms with Gasteiger partial charge in [0, 0.05) is 31.0 Å². The van der Waals surface area contributed by atoms with E-state index >= 15 is 0 Å². The van der Waals surface area contributed by atoms with Crippen LogP contribution >= 0.6 is 0 Å². The third kappa shape index (κ3) is 3.39. The van der Waals surface area contributed by atoms with Crippen LogP contribution in [0.5, 0.6) is 0 Å². The van der Waals surface area contributed by atoms with E-state index in [0.717, 1.165) is 43.6 Å². The van der Waals surface area contributed by atoms with E-state index in [0.29, 0.717) is 12.0 Å². The number of ether oxygens (including phenoxy) is 1. The molecule has 2 unspecified atom stereocenters. The Labute approximate surface area is 125 Å². The molecule has 1 aliphatic heterocycles. The maximum Gasteiger partial charge on any atom is 0.0890 e. The van der Waals surface area contributed by atoms with Crippen molar-refractivity contribution >= 4 is 11.0 Å². The fraction of sp³-hybridized carbons (Fsp3) is 0.529. The molecule has 1 aromatic carbocycles. The Morgan fingerprint density at radius 2 is 2.14 bits per heavy atom. The SMILES string of the molecule is CCCNC(c1ccc2nccnc2c1)C1CCCOC1. The van der Waals surface area contributed by atoms with Crippen LogP contribution in [0.3, 0.4) is 0 Å². The van der Waals surface area contributed by atoms with Crippen LogP contribution in [0, 0.1) is 5.92 Å². The molecular formula is C17H23N3O. The molecule has 1 aromatic heterocycles.